The Morgan fingerprint density at radius 3 is 2.56 bits per heavy atom. The van der Waals surface area contributed by atoms with Crippen molar-refractivity contribution in [3.05, 3.63) is 77.9 Å². The molecule has 5 aromatic rings. The van der Waals surface area contributed by atoms with Crippen molar-refractivity contribution >= 4 is 5.97 Å². The summed E-state index contributed by atoms with van der Waals surface area (Å²) in [7, 11) is 3.88. The maximum Gasteiger partial charge on any atom is 0.325 e. The van der Waals surface area contributed by atoms with Gasteiger partial charge in [0.25, 0.3) is 0 Å². The lowest BCUT2D eigenvalue weighted by molar-refractivity contribution is -0.137. The number of aryl methyl sites for hydroxylation is 4. The van der Waals surface area contributed by atoms with E-state index in [4.69, 9.17) is 15.2 Å². The van der Waals surface area contributed by atoms with Crippen LogP contribution in [0.4, 0.5) is 0 Å². The van der Waals surface area contributed by atoms with E-state index in [2.05, 4.69) is 39.4 Å². The molecule has 0 aliphatic heterocycles. The molecule has 1 aliphatic carbocycles. The van der Waals surface area contributed by atoms with Gasteiger partial charge in [0.1, 0.15) is 12.4 Å². The zero-order valence-corrected chi connectivity index (χ0v) is 20.0. The highest BCUT2D eigenvalue weighted by Gasteiger charge is 2.27. The molecule has 1 N–H and O–H groups in total. The maximum atomic E-state index is 11.0. The summed E-state index contributed by atoms with van der Waals surface area (Å²) in [6.45, 7) is -0.174. The van der Waals surface area contributed by atoms with Gasteiger partial charge in [0.05, 0.1) is 35.4 Å². The van der Waals surface area contributed by atoms with Crippen LogP contribution in [0.3, 0.4) is 0 Å². The smallest absolute Gasteiger partial charge is 0.325 e. The van der Waals surface area contributed by atoms with Crippen molar-refractivity contribution in [3.8, 4) is 33.6 Å². The fourth-order valence-electron chi connectivity index (χ4n) is 4.79. The highest BCUT2D eigenvalue weighted by Crippen LogP contribution is 2.39. The highest BCUT2D eigenvalue weighted by molar-refractivity contribution is 5.84. The molecule has 6 rings (SSSR count). The summed E-state index contributed by atoms with van der Waals surface area (Å²) in [4.78, 5) is 20.5. The lowest BCUT2D eigenvalue weighted by Gasteiger charge is -2.16. The van der Waals surface area contributed by atoms with Crippen molar-refractivity contribution in [2.24, 2.45) is 14.1 Å². The summed E-state index contributed by atoms with van der Waals surface area (Å²) in [6, 6.07) is 10.2. The minimum atomic E-state index is -0.931. The average molecular weight is 481 g/mol. The molecule has 0 bridgehead atoms. The number of fused-ring (bicyclic) bond motifs is 3. The number of benzene rings is 1. The number of hydrogen-bond acceptors (Lipinski definition) is 6. The largest absolute Gasteiger partial charge is 0.480 e. The first-order valence-corrected chi connectivity index (χ1v) is 11.7. The molecule has 36 heavy (non-hydrogen) atoms. The third-order valence-corrected chi connectivity index (χ3v) is 6.43. The zero-order chi connectivity index (χ0) is 24.8. The summed E-state index contributed by atoms with van der Waals surface area (Å²) >= 11 is 0. The van der Waals surface area contributed by atoms with Crippen LogP contribution in [0.1, 0.15) is 22.8 Å². The molecule has 10 nitrogen and oxygen atoms in total. The Hall–Kier alpha value is -4.60. The van der Waals surface area contributed by atoms with Crippen LogP contribution in [-0.4, -0.2) is 50.4 Å². The van der Waals surface area contributed by atoms with Gasteiger partial charge >= 0.3 is 5.97 Å². The lowest BCUT2D eigenvalue weighted by Crippen LogP contribution is -2.10. The van der Waals surface area contributed by atoms with Crippen molar-refractivity contribution in [1.82, 2.24) is 39.3 Å². The molecule has 10 heteroatoms. The van der Waals surface area contributed by atoms with Crippen LogP contribution in [0.5, 0.6) is 0 Å². The van der Waals surface area contributed by atoms with Crippen LogP contribution in [0, 0.1) is 0 Å². The minimum absolute atomic E-state index is 0.174. The molecule has 0 amide bonds. The first kappa shape index (κ1) is 21.9. The summed E-state index contributed by atoms with van der Waals surface area (Å²) in [5.74, 6) is -0.288. The fourth-order valence-corrected chi connectivity index (χ4v) is 4.79. The third-order valence-electron chi connectivity index (χ3n) is 6.43. The van der Waals surface area contributed by atoms with Crippen molar-refractivity contribution in [2.75, 3.05) is 0 Å². The Morgan fingerprint density at radius 2 is 1.81 bits per heavy atom. The second kappa shape index (κ2) is 8.56. The number of rotatable bonds is 6. The van der Waals surface area contributed by atoms with E-state index in [0.29, 0.717) is 12.2 Å². The normalized spacial score (nSPS) is 12.4. The number of aromatic nitrogens is 8. The summed E-state index contributed by atoms with van der Waals surface area (Å²) in [5, 5.41) is 22.4. The van der Waals surface area contributed by atoms with Crippen molar-refractivity contribution in [2.45, 2.75) is 25.8 Å². The average Bonchev–Trinajstić information content (AvgIpc) is 3.57. The molecule has 0 saturated carbocycles. The molecule has 0 fully saturated rings. The number of hydrogen-bond donors (Lipinski definition) is 1. The van der Waals surface area contributed by atoms with Gasteiger partial charge < -0.3 is 5.11 Å². The molecule has 0 unspecified atom stereocenters. The van der Waals surface area contributed by atoms with Crippen LogP contribution in [-0.2, 0) is 44.7 Å². The van der Waals surface area contributed by atoms with E-state index in [-0.39, 0.29) is 6.54 Å². The van der Waals surface area contributed by atoms with E-state index in [1.807, 2.05) is 37.4 Å². The van der Waals surface area contributed by atoms with Crippen molar-refractivity contribution in [1.29, 1.82) is 0 Å². The van der Waals surface area contributed by atoms with Crippen LogP contribution < -0.4 is 0 Å². The highest BCUT2D eigenvalue weighted by atomic mass is 16.4. The van der Waals surface area contributed by atoms with E-state index < -0.39 is 5.97 Å². The predicted octanol–water partition coefficient (Wildman–Crippen LogP) is 2.92. The third kappa shape index (κ3) is 3.96. The topological polar surface area (TPSA) is 117 Å². The van der Waals surface area contributed by atoms with Crippen LogP contribution in [0.2, 0.25) is 0 Å². The van der Waals surface area contributed by atoms with E-state index in [0.717, 1.165) is 63.4 Å². The molecule has 0 saturated heterocycles. The van der Waals surface area contributed by atoms with Gasteiger partial charge in [0.15, 0.2) is 0 Å². The molecule has 4 aromatic heterocycles. The maximum absolute atomic E-state index is 11.0. The van der Waals surface area contributed by atoms with E-state index in [1.165, 1.54) is 4.68 Å². The molecule has 0 radical (unpaired) electrons. The van der Waals surface area contributed by atoms with E-state index >= 15 is 0 Å². The zero-order valence-electron chi connectivity index (χ0n) is 20.0. The van der Waals surface area contributed by atoms with Gasteiger partial charge in [-0.2, -0.15) is 15.3 Å². The number of carboxylic acids is 1. The molecule has 4 heterocycles. The summed E-state index contributed by atoms with van der Waals surface area (Å²) in [5.41, 5.74) is 9.09. The standard InChI is InChI=1S/C26H24N8O2/c1-32-14-19(13-28-32)16-3-5-17(6-4-16)26-24-21(31-33(26)2)8-7-18-12-27-22(29-25(18)24)11-20-9-10-34(30-20)15-23(35)36/h3-6,9-10,12-14H,7-8,11,15H2,1-2H3,(H,35,36). The minimum Gasteiger partial charge on any atom is -0.480 e. The van der Waals surface area contributed by atoms with Crippen LogP contribution in [0.25, 0.3) is 33.6 Å². The first-order valence-electron chi connectivity index (χ1n) is 11.7. The quantitative estimate of drug-likeness (QED) is 0.397. The van der Waals surface area contributed by atoms with Crippen LogP contribution >= 0.6 is 0 Å². The van der Waals surface area contributed by atoms with E-state index in [1.54, 1.807) is 16.9 Å². The van der Waals surface area contributed by atoms with Crippen molar-refractivity contribution in [3.63, 3.8) is 0 Å². The fraction of sp³-hybridized carbons (Fsp3) is 0.231. The van der Waals surface area contributed by atoms with E-state index in [9.17, 15) is 4.79 Å². The predicted molar refractivity (Wildman–Crippen MR) is 132 cm³/mol. The first-order chi connectivity index (χ1) is 17.4. The molecule has 0 atom stereocenters. The van der Waals surface area contributed by atoms with Gasteiger partial charge in [-0.05, 0) is 30.0 Å². The molecule has 1 aliphatic rings. The second-order valence-electron chi connectivity index (χ2n) is 9.01. The molecule has 180 valence electrons. The summed E-state index contributed by atoms with van der Waals surface area (Å²) in [6.07, 6.45) is 9.52. The number of carboxylic acid groups (broad SMARTS) is 1. The Bertz CT molecular complexity index is 1590. The SMILES string of the molecule is Cn1cc(-c2ccc(-c3c4c(nn3C)CCc3cnc(Cc5ccn(CC(=O)O)n5)nc3-4)cc2)cn1. The van der Waals surface area contributed by atoms with Gasteiger partial charge in [-0.25, -0.2) is 9.97 Å². The van der Waals surface area contributed by atoms with Gasteiger partial charge in [-0.15, -0.1) is 0 Å². The molecular formula is C26H24N8O2. The second-order valence-corrected chi connectivity index (χ2v) is 9.01. The Balaban J connectivity index is 1.35. The lowest BCUT2D eigenvalue weighted by atomic mass is 9.91. The summed E-state index contributed by atoms with van der Waals surface area (Å²) < 4.78 is 5.14. The Morgan fingerprint density at radius 1 is 1.00 bits per heavy atom. The number of aliphatic carboxylic acids is 1. The van der Waals surface area contributed by atoms with Gasteiger partial charge in [0, 0.05) is 49.4 Å². The van der Waals surface area contributed by atoms with Gasteiger partial charge in [-0.1, -0.05) is 24.3 Å². The monoisotopic (exact) mass is 480 g/mol. The molecule has 1 aromatic carbocycles. The number of carbonyl (C=O) groups is 1. The molecular weight excluding hydrogens is 456 g/mol. The number of nitrogens with zero attached hydrogens (tertiary/aromatic N) is 8. The molecule has 0 spiro atoms. The van der Waals surface area contributed by atoms with Crippen molar-refractivity contribution < 1.29 is 9.90 Å². The Labute approximate surface area is 206 Å². The Kier molecular flexibility index (Phi) is 5.21. The van der Waals surface area contributed by atoms with Crippen LogP contribution in [0.15, 0.2) is 55.1 Å². The van der Waals surface area contributed by atoms with Gasteiger partial charge in [0.2, 0.25) is 0 Å². The van der Waals surface area contributed by atoms with Gasteiger partial charge in [-0.3, -0.25) is 18.8 Å².